The highest BCUT2D eigenvalue weighted by Gasteiger charge is 2.02. The van der Waals surface area contributed by atoms with Crippen LogP contribution in [0.4, 0.5) is 0 Å². The molecule has 2 aromatic rings. The van der Waals surface area contributed by atoms with Gasteiger partial charge in [-0.2, -0.15) is 10.1 Å². The number of fused-ring (bicyclic) bond motifs is 1. The number of hydrogen-bond acceptors (Lipinski definition) is 3. The molecular formula is C7H6BrN3O. The monoisotopic (exact) mass is 227 g/mol. The van der Waals surface area contributed by atoms with Crippen LogP contribution in [0.15, 0.2) is 22.9 Å². The van der Waals surface area contributed by atoms with Gasteiger partial charge >= 0.3 is 0 Å². The molecule has 62 valence electrons. The van der Waals surface area contributed by atoms with Gasteiger partial charge in [0.15, 0.2) is 5.65 Å². The third kappa shape index (κ3) is 1.06. The highest BCUT2D eigenvalue weighted by atomic mass is 79.9. The van der Waals surface area contributed by atoms with E-state index in [2.05, 4.69) is 26.0 Å². The summed E-state index contributed by atoms with van der Waals surface area (Å²) in [5, 5.41) is 4.05. The molecule has 0 atom stereocenters. The molecule has 0 aliphatic carbocycles. The summed E-state index contributed by atoms with van der Waals surface area (Å²) < 4.78 is 7.51. The fourth-order valence-corrected chi connectivity index (χ4v) is 1.30. The molecule has 0 saturated carbocycles. The number of hydrogen-bond donors (Lipinski definition) is 0. The lowest BCUT2D eigenvalue weighted by molar-refractivity contribution is 0.398. The quantitative estimate of drug-likeness (QED) is 0.742. The zero-order chi connectivity index (χ0) is 8.55. The van der Waals surface area contributed by atoms with E-state index in [0.717, 1.165) is 10.1 Å². The Hall–Kier alpha value is -1.10. The molecule has 5 heteroatoms. The Morgan fingerprint density at radius 2 is 2.42 bits per heavy atom. The lowest BCUT2D eigenvalue weighted by Crippen LogP contribution is -1.92. The van der Waals surface area contributed by atoms with Crippen LogP contribution in [-0.2, 0) is 0 Å². The van der Waals surface area contributed by atoms with Gasteiger partial charge in [0.2, 0.25) is 5.88 Å². The van der Waals surface area contributed by atoms with Crippen LogP contribution in [0.3, 0.4) is 0 Å². The molecule has 0 saturated heterocycles. The van der Waals surface area contributed by atoms with E-state index >= 15 is 0 Å². The second-order valence-electron chi connectivity index (χ2n) is 2.23. The van der Waals surface area contributed by atoms with Crippen LogP contribution < -0.4 is 4.74 Å². The summed E-state index contributed by atoms with van der Waals surface area (Å²) in [5.41, 5.74) is 0.759. The predicted octanol–water partition coefficient (Wildman–Crippen LogP) is 1.50. The van der Waals surface area contributed by atoms with E-state index in [-0.39, 0.29) is 0 Å². The van der Waals surface area contributed by atoms with E-state index in [9.17, 15) is 0 Å². The third-order valence-electron chi connectivity index (χ3n) is 1.51. The van der Waals surface area contributed by atoms with Crippen molar-refractivity contribution in [3.8, 4) is 5.88 Å². The predicted molar refractivity (Wildman–Crippen MR) is 47.2 cm³/mol. The van der Waals surface area contributed by atoms with E-state index in [0.29, 0.717) is 5.88 Å². The fraction of sp³-hybridized carbons (Fsp3) is 0.143. The number of methoxy groups -OCH3 is 1. The maximum atomic E-state index is 4.97. The van der Waals surface area contributed by atoms with Crippen molar-refractivity contribution in [2.75, 3.05) is 7.11 Å². The minimum Gasteiger partial charge on any atom is -0.481 e. The zero-order valence-corrected chi connectivity index (χ0v) is 7.95. The first-order valence-electron chi connectivity index (χ1n) is 3.35. The molecule has 0 aromatic carbocycles. The molecule has 0 bridgehead atoms. The van der Waals surface area contributed by atoms with Crippen molar-refractivity contribution >= 4 is 21.6 Å². The topological polar surface area (TPSA) is 39.4 Å². The second kappa shape index (κ2) is 2.75. The molecule has 2 heterocycles. The Labute approximate surface area is 77.3 Å². The van der Waals surface area contributed by atoms with Gasteiger partial charge in [0.1, 0.15) is 0 Å². The van der Waals surface area contributed by atoms with Crippen molar-refractivity contribution < 1.29 is 4.74 Å². The Morgan fingerprint density at radius 1 is 1.58 bits per heavy atom. The van der Waals surface area contributed by atoms with E-state index in [4.69, 9.17) is 4.74 Å². The Balaban J connectivity index is 2.71. The number of halogens is 1. The molecule has 2 rings (SSSR count). The van der Waals surface area contributed by atoms with Crippen molar-refractivity contribution in [3.05, 3.63) is 22.9 Å². The Bertz CT molecular complexity index is 412. The smallest absolute Gasteiger partial charge is 0.216 e. The first-order chi connectivity index (χ1) is 5.81. The Kier molecular flexibility index (Phi) is 1.73. The largest absolute Gasteiger partial charge is 0.481 e. The summed E-state index contributed by atoms with van der Waals surface area (Å²) in [6.07, 6.45) is 3.49. The van der Waals surface area contributed by atoms with Gasteiger partial charge in [-0.25, -0.2) is 4.52 Å². The van der Waals surface area contributed by atoms with Crippen molar-refractivity contribution in [3.63, 3.8) is 0 Å². The SMILES string of the molecule is COc1ccn2ncc(Br)c2n1. The van der Waals surface area contributed by atoms with Crippen molar-refractivity contribution in [1.82, 2.24) is 14.6 Å². The average molecular weight is 228 g/mol. The average Bonchev–Trinajstić information content (AvgIpc) is 2.47. The summed E-state index contributed by atoms with van der Waals surface area (Å²) >= 11 is 3.33. The molecule has 0 unspecified atom stereocenters. The molecule has 0 aliphatic heterocycles. The maximum absolute atomic E-state index is 4.97. The van der Waals surface area contributed by atoms with Crippen molar-refractivity contribution in [1.29, 1.82) is 0 Å². The first kappa shape index (κ1) is 7.54. The van der Waals surface area contributed by atoms with Crippen molar-refractivity contribution in [2.45, 2.75) is 0 Å². The maximum Gasteiger partial charge on any atom is 0.216 e. The van der Waals surface area contributed by atoms with E-state index in [1.54, 1.807) is 30.1 Å². The lowest BCUT2D eigenvalue weighted by Gasteiger charge is -1.97. The number of aromatic nitrogens is 3. The minimum atomic E-state index is 0.587. The summed E-state index contributed by atoms with van der Waals surface area (Å²) in [5.74, 6) is 0.587. The standard InChI is InChI=1S/C7H6BrN3O/c1-12-6-2-3-11-7(10-6)5(8)4-9-11/h2-4H,1H3. The molecule has 0 N–H and O–H groups in total. The van der Waals surface area contributed by atoms with Crippen molar-refractivity contribution in [2.24, 2.45) is 0 Å². The van der Waals surface area contributed by atoms with Gasteiger partial charge < -0.3 is 4.74 Å². The van der Waals surface area contributed by atoms with Gasteiger partial charge in [-0.05, 0) is 15.9 Å². The lowest BCUT2D eigenvalue weighted by atomic mass is 10.6. The second-order valence-corrected chi connectivity index (χ2v) is 3.08. The fourth-order valence-electron chi connectivity index (χ4n) is 0.938. The molecule has 0 fully saturated rings. The van der Waals surface area contributed by atoms with Gasteiger partial charge in [0, 0.05) is 12.3 Å². The van der Waals surface area contributed by atoms with E-state index < -0.39 is 0 Å². The molecule has 0 spiro atoms. The van der Waals surface area contributed by atoms with Gasteiger partial charge in [0.25, 0.3) is 0 Å². The highest BCUT2D eigenvalue weighted by Crippen LogP contribution is 2.17. The molecule has 2 aromatic heterocycles. The summed E-state index contributed by atoms with van der Waals surface area (Å²) in [4.78, 5) is 4.18. The van der Waals surface area contributed by atoms with Gasteiger partial charge in [-0.1, -0.05) is 0 Å². The van der Waals surface area contributed by atoms with Crippen LogP contribution in [0.1, 0.15) is 0 Å². The molecular weight excluding hydrogens is 222 g/mol. The van der Waals surface area contributed by atoms with Crippen LogP contribution >= 0.6 is 15.9 Å². The molecule has 0 amide bonds. The zero-order valence-electron chi connectivity index (χ0n) is 6.36. The van der Waals surface area contributed by atoms with Gasteiger partial charge in [-0.15, -0.1) is 0 Å². The summed E-state index contributed by atoms with van der Waals surface area (Å²) in [7, 11) is 1.59. The number of nitrogens with zero attached hydrogens (tertiary/aromatic N) is 3. The van der Waals surface area contributed by atoms with Crippen LogP contribution in [0.2, 0.25) is 0 Å². The molecule has 12 heavy (non-hydrogen) atoms. The summed E-state index contributed by atoms with van der Waals surface area (Å²) in [6, 6.07) is 1.76. The normalized spacial score (nSPS) is 10.5. The molecule has 4 nitrogen and oxygen atoms in total. The van der Waals surface area contributed by atoms with E-state index in [1.165, 1.54) is 0 Å². The third-order valence-corrected chi connectivity index (χ3v) is 2.07. The van der Waals surface area contributed by atoms with Crippen LogP contribution in [-0.4, -0.2) is 21.7 Å². The van der Waals surface area contributed by atoms with Crippen LogP contribution in [0, 0.1) is 0 Å². The molecule has 0 radical (unpaired) electrons. The number of rotatable bonds is 1. The van der Waals surface area contributed by atoms with E-state index in [1.807, 2.05) is 0 Å². The van der Waals surface area contributed by atoms with Gasteiger partial charge in [-0.3, -0.25) is 0 Å². The molecule has 0 aliphatic rings. The first-order valence-corrected chi connectivity index (χ1v) is 4.14. The van der Waals surface area contributed by atoms with Crippen LogP contribution in [0.25, 0.3) is 5.65 Å². The van der Waals surface area contributed by atoms with Crippen LogP contribution in [0.5, 0.6) is 5.88 Å². The minimum absolute atomic E-state index is 0.587. The Morgan fingerprint density at radius 3 is 3.17 bits per heavy atom. The number of ether oxygens (including phenoxy) is 1. The van der Waals surface area contributed by atoms with Gasteiger partial charge in [0.05, 0.1) is 17.8 Å². The summed E-state index contributed by atoms with van der Waals surface area (Å²) in [6.45, 7) is 0. The highest BCUT2D eigenvalue weighted by molar-refractivity contribution is 9.10.